The molecule has 11 nitrogen and oxygen atoms in total. The van der Waals surface area contributed by atoms with Gasteiger partial charge in [0.15, 0.2) is 13.2 Å². The van der Waals surface area contributed by atoms with Crippen LogP contribution in [0.2, 0.25) is 0 Å². The summed E-state index contributed by atoms with van der Waals surface area (Å²) in [7, 11) is 0. The highest BCUT2D eigenvalue weighted by molar-refractivity contribution is 5.69. The molecule has 1 aliphatic heterocycles. The van der Waals surface area contributed by atoms with Crippen molar-refractivity contribution in [1.29, 1.82) is 0 Å². The van der Waals surface area contributed by atoms with Gasteiger partial charge in [0.1, 0.15) is 36.2 Å². The lowest BCUT2D eigenvalue weighted by molar-refractivity contribution is -0.140. The van der Waals surface area contributed by atoms with E-state index in [0.29, 0.717) is 90.0 Å². The summed E-state index contributed by atoms with van der Waals surface area (Å²) < 4.78 is 42.2. The molecule has 0 radical (unpaired) electrons. The fraction of sp³-hybridized carbons (Fsp3) is 0.350. The van der Waals surface area contributed by atoms with Crippen molar-refractivity contribution in [1.82, 2.24) is 0 Å². The molecule has 0 saturated heterocycles. The van der Waals surface area contributed by atoms with Crippen LogP contribution in [0.3, 0.4) is 0 Å². The fourth-order valence-electron chi connectivity index (χ4n) is 6.44. The maximum Gasteiger partial charge on any atom is 0.341 e. The number of para-hydroxylation sites is 4. The van der Waals surface area contributed by atoms with Crippen molar-refractivity contribution in [3.63, 3.8) is 0 Å². The molecule has 2 N–H and O–H groups in total. The number of hydrogen-bond acceptors (Lipinski definition) is 9. The summed E-state index contributed by atoms with van der Waals surface area (Å²) in [5, 5.41) is 19.2. The van der Waals surface area contributed by atoms with E-state index in [2.05, 4.69) is 0 Å². The first kappa shape index (κ1) is 35.7. The Labute approximate surface area is 296 Å². The lowest BCUT2D eigenvalue weighted by Crippen LogP contribution is -2.16. The molecule has 0 saturated carbocycles. The molecule has 0 atom stereocenters. The molecule has 1 heterocycles. The van der Waals surface area contributed by atoms with Gasteiger partial charge in [-0.2, -0.15) is 0 Å². The third-order valence-corrected chi connectivity index (χ3v) is 8.61. The van der Waals surface area contributed by atoms with Crippen LogP contribution in [0.1, 0.15) is 44.5 Å². The number of carboxylic acids is 2. The molecular weight excluding hydrogens is 656 g/mol. The average molecular weight is 699 g/mol. The molecule has 11 heteroatoms. The average Bonchev–Trinajstić information content (AvgIpc) is 3.10. The highest BCUT2D eigenvalue weighted by Crippen LogP contribution is 2.38. The second-order valence-corrected chi connectivity index (χ2v) is 12.2. The molecular formula is C40H42O11. The van der Waals surface area contributed by atoms with E-state index in [9.17, 15) is 19.8 Å². The molecule has 2 aliphatic rings. The number of carboxylic acid groups (broad SMARTS) is 2. The van der Waals surface area contributed by atoms with E-state index in [1.807, 2.05) is 72.8 Å². The second kappa shape index (κ2) is 17.7. The number of benzene rings is 4. The van der Waals surface area contributed by atoms with Gasteiger partial charge >= 0.3 is 11.9 Å². The topological polar surface area (TPSA) is 139 Å². The number of hydrogen-bond donors (Lipinski definition) is 2. The van der Waals surface area contributed by atoms with Crippen molar-refractivity contribution < 1.29 is 53.0 Å². The van der Waals surface area contributed by atoms with Crippen LogP contribution in [0.15, 0.2) is 72.8 Å². The molecule has 6 rings (SSSR count). The van der Waals surface area contributed by atoms with Gasteiger partial charge in [-0.25, -0.2) is 9.59 Å². The minimum Gasteiger partial charge on any atom is -0.491 e. The Morgan fingerprint density at radius 3 is 1.06 bits per heavy atom. The summed E-state index contributed by atoms with van der Waals surface area (Å²) in [5.41, 5.74) is 6.71. The molecule has 4 aromatic carbocycles. The first-order valence-corrected chi connectivity index (χ1v) is 17.1. The molecule has 10 bridgehead atoms. The first-order valence-electron chi connectivity index (χ1n) is 17.1. The minimum absolute atomic E-state index is 0.302. The zero-order chi connectivity index (χ0) is 35.4. The van der Waals surface area contributed by atoms with Crippen LogP contribution >= 0.6 is 0 Å². The van der Waals surface area contributed by atoms with Crippen molar-refractivity contribution in [2.24, 2.45) is 0 Å². The number of rotatable bonds is 6. The van der Waals surface area contributed by atoms with E-state index in [4.69, 9.17) is 33.2 Å². The standard InChI is InChI=1S/C40H42O11/c41-35(42)25-50-39-31-9-3-11-33(39)24-34-12-4-10-32(40(34)51-26-36(43)44)23-30-8-2-6-28-21-27-5-1-7-29(22-31)37(27)48-19-17-46-15-13-45-14-16-47-18-20-49-38(28)30/h1-12H,13-26H2,(H,41,42)(H,43,44). The van der Waals surface area contributed by atoms with Gasteiger partial charge < -0.3 is 43.4 Å². The smallest absolute Gasteiger partial charge is 0.341 e. The third-order valence-electron chi connectivity index (χ3n) is 8.61. The predicted molar refractivity (Wildman–Crippen MR) is 187 cm³/mol. The van der Waals surface area contributed by atoms with Crippen molar-refractivity contribution in [3.8, 4) is 23.0 Å². The molecule has 4 aromatic rings. The maximum atomic E-state index is 11.7. The van der Waals surface area contributed by atoms with Gasteiger partial charge in [-0.15, -0.1) is 0 Å². The zero-order valence-electron chi connectivity index (χ0n) is 28.4. The lowest BCUT2D eigenvalue weighted by atomic mass is 9.91. The van der Waals surface area contributed by atoms with Gasteiger partial charge in [0, 0.05) is 25.7 Å². The van der Waals surface area contributed by atoms with Gasteiger partial charge in [-0.3, -0.25) is 0 Å². The molecule has 0 aromatic heterocycles. The SMILES string of the molecule is O=C(O)COc1c2cccc1Cc1cccc(c1OCC(=O)O)Cc1cccc3c1OCCOCCOCCOCCOc1c(cccc1C2)C3. The monoisotopic (exact) mass is 698 g/mol. The normalized spacial score (nSPS) is 15.5. The van der Waals surface area contributed by atoms with Gasteiger partial charge in [0.2, 0.25) is 0 Å². The maximum absolute atomic E-state index is 11.7. The highest BCUT2D eigenvalue weighted by Gasteiger charge is 2.22. The van der Waals surface area contributed by atoms with Crippen molar-refractivity contribution in [2.75, 3.05) is 66.1 Å². The van der Waals surface area contributed by atoms with Crippen LogP contribution in [0.5, 0.6) is 23.0 Å². The lowest BCUT2D eigenvalue weighted by Gasteiger charge is -2.22. The zero-order valence-corrected chi connectivity index (χ0v) is 28.4. The molecule has 1 aliphatic carbocycles. The van der Waals surface area contributed by atoms with Gasteiger partial charge in [-0.05, 0) is 44.5 Å². The molecule has 268 valence electrons. The molecule has 51 heavy (non-hydrogen) atoms. The van der Waals surface area contributed by atoms with Crippen LogP contribution in [0.4, 0.5) is 0 Å². The Kier molecular flexibility index (Phi) is 12.4. The summed E-state index contributed by atoms with van der Waals surface area (Å²) in [4.78, 5) is 23.4. The van der Waals surface area contributed by atoms with E-state index in [1.165, 1.54) is 0 Å². The fourth-order valence-corrected chi connectivity index (χ4v) is 6.44. The molecule has 0 spiro atoms. The second-order valence-electron chi connectivity index (χ2n) is 12.2. The van der Waals surface area contributed by atoms with Gasteiger partial charge in [0.05, 0.1) is 39.6 Å². The number of ether oxygens (including phenoxy) is 7. The van der Waals surface area contributed by atoms with Crippen LogP contribution < -0.4 is 18.9 Å². The van der Waals surface area contributed by atoms with Crippen LogP contribution in [-0.4, -0.2) is 88.2 Å². The summed E-state index contributed by atoms with van der Waals surface area (Å²) in [5.74, 6) is 0.137. The van der Waals surface area contributed by atoms with Crippen molar-refractivity contribution in [2.45, 2.75) is 25.7 Å². The van der Waals surface area contributed by atoms with E-state index in [0.717, 1.165) is 56.0 Å². The number of aliphatic carboxylic acids is 2. The van der Waals surface area contributed by atoms with Crippen molar-refractivity contribution in [3.05, 3.63) is 117 Å². The summed E-state index contributed by atoms with van der Waals surface area (Å²) in [6.45, 7) is 2.03. The Balaban J connectivity index is 1.52. The third kappa shape index (κ3) is 9.57. The number of fused-ring (bicyclic) bond motifs is 4. The van der Waals surface area contributed by atoms with E-state index in [-0.39, 0.29) is 0 Å². The van der Waals surface area contributed by atoms with Gasteiger partial charge in [0.25, 0.3) is 0 Å². The minimum atomic E-state index is -1.10. The predicted octanol–water partition coefficient (Wildman–Crippen LogP) is 5.11. The van der Waals surface area contributed by atoms with E-state index < -0.39 is 25.2 Å². The largest absolute Gasteiger partial charge is 0.491 e. The number of carbonyl (C=O) groups is 2. The molecule has 0 fully saturated rings. The highest BCUT2D eigenvalue weighted by atomic mass is 16.6. The molecule has 0 unspecified atom stereocenters. The van der Waals surface area contributed by atoms with Crippen LogP contribution in [0, 0.1) is 0 Å². The Bertz CT molecular complexity index is 1690. The van der Waals surface area contributed by atoms with E-state index in [1.54, 1.807) is 0 Å². The van der Waals surface area contributed by atoms with E-state index >= 15 is 0 Å². The summed E-state index contributed by atoms with van der Waals surface area (Å²) in [6, 6.07) is 23.5. The first-order chi connectivity index (χ1) is 25.0. The van der Waals surface area contributed by atoms with Crippen LogP contribution in [0.25, 0.3) is 0 Å². The molecule has 0 amide bonds. The summed E-state index contributed by atoms with van der Waals surface area (Å²) >= 11 is 0. The summed E-state index contributed by atoms with van der Waals surface area (Å²) in [6.07, 6.45) is 1.58. The Hall–Kier alpha value is -5.10. The van der Waals surface area contributed by atoms with Crippen molar-refractivity contribution >= 4 is 11.9 Å². The Morgan fingerprint density at radius 2 is 0.725 bits per heavy atom. The van der Waals surface area contributed by atoms with Crippen LogP contribution in [-0.2, 0) is 49.5 Å². The quantitative estimate of drug-likeness (QED) is 0.245. The van der Waals surface area contributed by atoms with Gasteiger partial charge in [-0.1, -0.05) is 72.8 Å². The Morgan fingerprint density at radius 1 is 0.451 bits per heavy atom.